The van der Waals surface area contributed by atoms with E-state index in [2.05, 4.69) is 19.8 Å². The quantitative estimate of drug-likeness (QED) is 0.727. The van der Waals surface area contributed by atoms with Crippen LogP contribution in [0.5, 0.6) is 0 Å². The zero-order valence-electron chi connectivity index (χ0n) is 16.9. The van der Waals surface area contributed by atoms with Crippen molar-refractivity contribution in [3.8, 4) is 0 Å². The highest BCUT2D eigenvalue weighted by molar-refractivity contribution is 5.40. The predicted molar refractivity (Wildman–Crippen MR) is 108 cm³/mol. The number of anilines is 1. The molecule has 2 aromatic rings. The van der Waals surface area contributed by atoms with Gasteiger partial charge in [-0.2, -0.15) is 13.2 Å². The Morgan fingerprint density at radius 2 is 1.83 bits per heavy atom. The number of aromatic nitrogens is 2. The predicted octanol–water partition coefficient (Wildman–Crippen LogP) is 4.15. The van der Waals surface area contributed by atoms with E-state index in [-0.39, 0.29) is 6.10 Å². The number of rotatable bonds is 5. The molecule has 0 amide bonds. The van der Waals surface area contributed by atoms with Gasteiger partial charge in [0.15, 0.2) is 0 Å². The van der Waals surface area contributed by atoms with Crippen molar-refractivity contribution >= 4 is 5.82 Å². The molecule has 0 radical (unpaired) electrons. The SMILES string of the molecule is FC(F)(F)c1ccc(N2CCC(N3CCCC(OCc4ccccn4)C3)CC2)nc1. The molecule has 4 rings (SSSR count). The second-order valence-electron chi connectivity index (χ2n) is 8.01. The average molecular weight is 420 g/mol. The summed E-state index contributed by atoms with van der Waals surface area (Å²) in [6.07, 6.45) is 2.73. The van der Waals surface area contributed by atoms with E-state index in [4.69, 9.17) is 4.74 Å². The zero-order chi connectivity index (χ0) is 21.0. The van der Waals surface area contributed by atoms with Crippen LogP contribution in [0, 0.1) is 0 Å². The van der Waals surface area contributed by atoms with Crippen molar-refractivity contribution in [3.63, 3.8) is 0 Å². The summed E-state index contributed by atoms with van der Waals surface area (Å²) < 4.78 is 44.3. The Kier molecular flexibility index (Phi) is 6.53. The van der Waals surface area contributed by atoms with E-state index in [1.54, 1.807) is 6.20 Å². The van der Waals surface area contributed by atoms with E-state index in [0.29, 0.717) is 18.5 Å². The highest BCUT2D eigenvalue weighted by atomic mass is 19.4. The molecule has 1 atom stereocenters. The molecule has 2 fully saturated rings. The molecular formula is C22H27F3N4O. The average Bonchev–Trinajstić information content (AvgIpc) is 2.78. The zero-order valence-corrected chi connectivity index (χ0v) is 16.9. The third kappa shape index (κ3) is 5.29. The van der Waals surface area contributed by atoms with Crippen LogP contribution in [0.1, 0.15) is 36.9 Å². The molecule has 4 heterocycles. The molecule has 2 aliphatic rings. The minimum absolute atomic E-state index is 0.218. The van der Waals surface area contributed by atoms with Crippen LogP contribution in [0.2, 0.25) is 0 Å². The minimum Gasteiger partial charge on any atom is -0.371 e. The van der Waals surface area contributed by atoms with Crippen LogP contribution in [0.15, 0.2) is 42.7 Å². The first-order valence-corrected chi connectivity index (χ1v) is 10.5. The van der Waals surface area contributed by atoms with Gasteiger partial charge < -0.3 is 9.64 Å². The maximum absolute atomic E-state index is 12.7. The second-order valence-corrected chi connectivity index (χ2v) is 8.01. The van der Waals surface area contributed by atoms with Crippen molar-refractivity contribution in [3.05, 3.63) is 54.0 Å². The van der Waals surface area contributed by atoms with Gasteiger partial charge >= 0.3 is 6.18 Å². The van der Waals surface area contributed by atoms with E-state index in [1.807, 2.05) is 18.2 Å². The van der Waals surface area contributed by atoms with Gasteiger partial charge in [-0.25, -0.2) is 4.98 Å². The second kappa shape index (κ2) is 9.31. The first-order valence-electron chi connectivity index (χ1n) is 10.5. The Morgan fingerprint density at radius 3 is 2.50 bits per heavy atom. The highest BCUT2D eigenvalue weighted by Crippen LogP contribution is 2.30. The molecule has 0 bridgehead atoms. The third-order valence-electron chi connectivity index (χ3n) is 5.98. The fourth-order valence-electron chi connectivity index (χ4n) is 4.32. The molecule has 8 heteroatoms. The van der Waals surface area contributed by atoms with Crippen molar-refractivity contribution < 1.29 is 17.9 Å². The highest BCUT2D eigenvalue weighted by Gasteiger charge is 2.32. The van der Waals surface area contributed by atoms with Crippen LogP contribution in [0.3, 0.4) is 0 Å². The van der Waals surface area contributed by atoms with Crippen LogP contribution in [-0.2, 0) is 17.5 Å². The molecule has 2 saturated heterocycles. The summed E-state index contributed by atoms with van der Waals surface area (Å²) in [4.78, 5) is 13.0. The summed E-state index contributed by atoms with van der Waals surface area (Å²) in [5, 5.41) is 0. The molecule has 162 valence electrons. The number of alkyl halides is 3. The van der Waals surface area contributed by atoms with Crippen molar-refractivity contribution in [2.75, 3.05) is 31.1 Å². The van der Waals surface area contributed by atoms with Gasteiger partial charge in [0.2, 0.25) is 0 Å². The van der Waals surface area contributed by atoms with Gasteiger partial charge in [0.05, 0.1) is 24.0 Å². The van der Waals surface area contributed by atoms with E-state index in [9.17, 15) is 13.2 Å². The smallest absolute Gasteiger partial charge is 0.371 e. The topological polar surface area (TPSA) is 41.5 Å². The van der Waals surface area contributed by atoms with E-state index in [1.165, 1.54) is 6.07 Å². The summed E-state index contributed by atoms with van der Waals surface area (Å²) in [6.45, 7) is 4.15. The molecule has 0 N–H and O–H groups in total. The lowest BCUT2D eigenvalue weighted by atomic mass is 9.99. The molecule has 2 aliphatic heterocycles. The van der Waals surface area contributed by atoms with Crippen molar-refractivity contribution in [2.24, 2.45) is 0 Å². The summed E-state index contributed by atoms with van der Waals surface area (Å²) in [7, 11) is 0. The van der Waals surface area contributed by atoms with Gasteiger partial charge in [0.25, 0.3) is 0 Å². The molecule has 0 aromatic carbocycles. The molecule has 30 heavy (non-hydrogen) atoms. The lowest BCUT2D eigenvalue weighted by Crippen LogP contribution is -2.50. The molecular weight excluding hydrogens is 393 g/mol. The number of piperidine rings is 2. The van der Waals surface area contributed by atoms with Gasteiger partial charge in [0, 0.05) is 38.1 Å². The van der Waals surface area contributed by atoms with E-state index >= 15 is 0 Å². The van der Waals surface area contributed by atoms with E-state index in [0.717, 1.165) is 69.8 Å². The van der Waals surface area contributed by atoms with Gasteiger partial charge in [-0.1, -0.05) is 6.07 Å². The van der Waals surface area contributed by atoms with Gasteiger partial charge in [-0.15, -0.1) is 0 Å². The van der Waals surface area contributed by atoms with Crippen molar-refractivity contribution in [1.29, 1.82) is 0 Å². The van der Waals surface area contributed by atoms with Crippen LogP contribution < -0.4 is 4.90 Å². The normalized spacial score (nSPS) is 21.7. The van der Waals surface area contributed by atoms with Crippen LogP contribution in [0.4, 0.5) is 19.0 Å². The van der Waals surface area contributed by atoms with Crippen LogP contribution >= 0.6 is 0 Å². The maximum atomic E-state index is 12.7. The summed E-state index contributed by atoms with van der Waals surface area (Å²) >= 11 is 0. The Hall–Kier alpha value is -2.19. The number of hydrogen-bond acceptors (Lipinski definition) is 5. The Morgan fingerprint density at radius 1 is 1.00 bits per heavy atom. The van der Waals surface area contributed by atoms with Crippen LogP contribution in [0.25, 0.3) is 0 Å². The summed E-state index contributed by atoms with van der Waals surface area (Å²) in [5.41, 5.74) is 0.248. The number of hydrogen-bond donors (Lipinski definition) is 0. The van der Waals surface area contributed by atoms with Gasteiger partial charge in [-0.3, -0.25) is 9.88 Å². The monoisotopic (exact) mass is 420 g/mol. The summed E-state index contributed by atoms with van der Waals surface area (Å²) in [5.74, 6) is 0.622. The minimum atomic E-state index is -4.35. The van der Waals surface area contributed by atoms with Crippen molar-refractivity contribution in [1.82, 2.24) is 14.9 Å². The number of halogens is 3. The number of nitrogens with zero attached hydrogens (tertiary/aromatic N) is 4. The molecule has 2 aromatic heterocycles. The third-order valence-corrected chi connectivity index (χ3v) is 5.98. The molecule has 5 nitrogen and oxygen atoms in total. The lowest BCUT2D eigenvalue weighted by molar-refractivity contribution is -0.137. The molecule has 1 unspecified atom stereocenters. The molecule has 0 spiro atoms. The number of pyridine rings is 2. The van der Waals surface area contributed by atoms with Crippen LogP contribution in [-0.4, -0.2) is 53.2 Å². The molecule has 0 saturated carbocycles. The molecule has 0 aliphatic carbocycles. The van der Waals surface area contributed by atoms with Gasteiger partial charge in [0.1, 0.15) is 5.82 Å². The lowest BCUT2D eigenvalue weighted by Gasteiger charge is -2.42. The Bertz CT molecular complexity index is 792. The standard InChI is InChI=1S/C22H27F3N4O/c23-22(24,25)17-6-7-21(27-14-17)28-12-8-19(9-13-28)29-11-3-5-20(15-29)30-16-18-4-1-2-10-26-18/h1-2,4,6-7,10,14,19-20H,3,5,8-9,11-13,15-16H2. The van der Waals surface area contributed by atoms with Crippen molar-refractivity contribution in [2.45, 2.75) is 50.6 Å². The van der Waals surface area contributed by atoms with Gasteiger partial charge in [-0.05, 0) is 56.5 Å². The first-order chi connectivity index (χ1) is 14.5. The maximum Gasteiger partial charge on any atom is 0.417 e. The number of ether oxygens (including phenoxy) is 1. The largest absolute Gasteiger partial charge is 0.417 e. The summed E-state index contributed by atoms with van der Waals surface area (Å²) in [6, 6.07) is 8.92. The number of likely N-dealkylation sites (tertiary alicyclic amines) is 1. The fourth-order valence-corrected chi connectivity index (χ4v) is 4.32. The fraction of sp³-hybridized carbons (Fsp3) is 0.545. The Labute approximate surface area is 174 Å². The first kappa shape index (κ1) is 21.1. The Balaban J connectivity index is 1.26. The van der Waals surface area contributed by atoms with E-state index < -0.39 is 11.7 Å².